The third kappa shape index (κ3) is 12.3. The summed E-state index contributed by atoms with van der Waals surface area (Å²) in [5, 5.41) is 18.6. The normalized spacial score (nSPS) is 13.5. The van der Waals surface area contributed by atoms with Crippen molar-refractivity contribution in [2.45, 2.75) is 51.4 Å². The molecule has 1 aliphatic heterocycles. The van der Waals surface area contributed by atoms with Gasteiger partial charge in [-0.3, -0.25) is 10.3 Å². The van der Waals surface area contributed by atoms with Crippen LogP contribution in [0.1, 0.15) is 38.5 Å². The van der Waals surface area contributed by atoms with Gasteiger partial charge in [-0.1, -0.05) is 18.0 Å². The molecule has 1 aliphatic rings. The molecule has 38 heavy (non-hydrogen) atoms. The van der Waals surface area contributed by atoms with Crippen molar-refractivity contribution in [2.24, 2.45) is 4.99 Å². The molecule has 1 aromatic heterocycles. The lowest BCUT2D eigenvalue weighted by Gasteiger charge is -2.21. The Morgan fingerprint density at radius 1 is 1.11 bits per heavy atom. The lowest BCUT2D eigenvalue weighted by molar-refractivity contribution is -0.727. The highest BCUT2D eigenvalue weighted by Crippen LogP contribution is 2.16. The Kier molecular flexibility index (Phi) is 14.7. The fourth-order valence-electron chi connectivity index (χ4n) is 3.62. The van der Waals surface area contributed by atoms with Gasteiger partial charge >= 0.3 is 6.16 Å². The smallest absolute Gasteiger partial charge is 0.513 e. The summed E-state index contributed by atoms with van der Waals surface area (Å²) in [6, 6.07) is 11.0. The minimum atomic E-state index is -0.664. The van der Waals surface area contributed by atoms with E-state index in [0.29, 0.717) is 24.1 Å². The van der Waals surface area contributed by atoms with E-state index in [-0.39, 0.29) is 25.2 Å². The van der Waals surface area contributed by atoms with E-state index in [9.17, 15) is 4.79 Å². The van der Waals surface area contributed by atoms with Crippen molar-refractivity contribution in [1.82, 2.24) is 10.6 Å². The number of halogens is 2. The zero-order valence-corrected chi connectivity index (χ0v) is 22.7. The van der Waals surface area contributed by atoms with Gasteiger partial charge in [0.25, 0.3) is 6.73 Å². The molecule has 0 saturated carbocycles. The Bertz CT molecular complexity index is 1030. The molecule has 0 aliphatic carbocycles. The second-order valence-corrected chi connectivity index (χ2v) is 8.94. The van der Waals surface area contributed by atoms with E-state index in [1.807, 2.05) is 30.5 Å². The number of nitriles is 1. The first kappa shape index (κ1) is 31.0. The van der Waals surface area contributed by atoms with Crippen molar-refractivity contribution in [3.05, 3.63) is 53.8 Å². The van der Waals surface area contributed by atoms with Crippen LogP contribution in [0.2, 0.25) is 5.02 Å². The van der Waals surface area contributed by atoms with Gasteiger partial charge in [-0.2, -0.15) is 9.83 Å². The lowest BCUT2D eigenvalue weighted by atomic mass is 10.1. The monoisotopic (exact) mass is 564 g/mol. The maximum Gasteiger partial charge on any atom is 0.513 e. The molecule has 1 saturated heterocycles. The number of rotatable bonds is 12. The Morgan fingerprint density at radius 3 is 2.53 bits per heavy atom. The predicted octanol–water partition coefficient (Wildman–Crippen LogP) is 0.972. The number of anilines is 1. The van der Waals surface area contributed by atoms with Crippen molar-refractivity contribution >= 4 is 29.4 Å². The van der Waals surface area contributed by atoms with Crippen LogP contribution in [0.25, 0.3) is 0 Å². The number of hydrogen-bond donors (Lipinski definition) is 3. The first-order valence-corrected chi connectivity index (χ1v) is 12.9. The van der Waals surface area contributed by atoms with Gasteiger partial charge in [-0.15, -0.1) is 0 Å². The number of piperidine rings is 1. The van der Waals surface area contributed by atoms with Crippen molar-refractivity contribution in [3.63, 3.8) is 0 Å². The van der Waals surface area contributed by atoms with Gasteiger partial charge in [0.2, 0.25) is 5.96 Å². The molecule has 3 N–H and O–H groups in total. The summed E-state index contributed by atoms with van der Waals surface area (Å²) in [5.41, 5.74) is 0.745. The number of carbonyl (C=O) groups excluding carboxylic acids is 1. The van der Waals surface area contributed by atoms with Gasteiger partial charge in [0, 0.05) is 23.7 Å². The molecule has 0 amide bonds. The Hall–Kier alpha value is -3.26. The third-order valence-corrected chi connectivity index (χ3v) is 5.87. The van der Waals surface area contributed by atoms with Crippen LogP contribution in [0.15, 0.2) is 53.8 Å². The van der Waals surface area contributed by atoms with Gasteiger partial charge in [-0.25, -0.2) is 4.79 Å². The Labute approximate surface area is 234 Å². The van der Waals surface area contributed by atoms with E-state index in [1.165, 1.54) is 0 Å². The minimum Gasteiger partial charge on any atom is -1.00 e. The summed E-state index contributed by atoms with van der Waals surface area (Å²) in [7, 11) is 0. The maximum absolute atomic E-state index is 11.9. The lowest BCUT2D eigenvalue weighted by Crippen LogP contribution is -3.00. The molecule has 12 heteroatoms. The molecule has 2 heterocycles. The van der Waals surface area contributed by atoms with Gasteiger partial charge in [-0.05, 0) is 69.5 Å². The number of benzene rings is 1. The second-order valence-electron chi connectivity index (χ2n) is 8.50. The van der Waals surface area contributed by atoms with Crippen LogP contribution in [-0.2, 0) is 16.2 Å². The summed E-state index contributed by atoms with van der Waals surface area (Å²) >= 11 is 5.87. The molecular formula is C26H34Cl2N6O4. The number of nitrogens with zero attached hydrogens (tertiary/aromatic N) is 3. The highest BCUT2D eigenvalue weighted by Gasteiger charge is 2.19. The molecule has 206 valence electrons. The largest absolute Gasteiger partial charge is 1.00 e. The standard InChI is InChI=1S/C26H33ClN6O4.ClH/c27-21-5-7-23(8-6-21)35-18-4-2-1-3-13-30-25(31-19-28)32-22-11-16-33(17-12-22)20-36-26(34)37-24-9-14-29-15-10-24;/h5-8,11-12,16-17,24,29H,1-4,9-10,13-15,18,20H2,(H,30,31);1H. The van der Waals surface area contributed by atoms with Crippen LogP contribution in [0.3, 0.4) is 0 Å². The van der Waals surface area contributed by atoms with Crippen LogP contribution in [0.5, 0.6) is 5.75 Å². The SMILES string of the molecule is N#CN/C(=N/CCCCCCOc1ccc(Cl)cc1)Nc1cc[n+](COC(=O)OC2CCNCC2)cc1.[Cl-]. The van der Waals surface area contributed by atoms with E-state index < -0.39 is 6.16 Å². The predicted molar refractivity (Wildman–Crippen MR) is 140 cm³/mol. The molecule has 1 fully saturated rings. The van der Waals surface area contributed by atoms with Crippen LogP contribution >= 0.6 is 11.6 Å². The topological polar surface area (TPSA) is 121 Å². The third-order valence-electron chi connectivity index (χ3n) is 5.61. The minimum absolute atomic E-state index is 0. The molecule has 0 radical (unpaired) electrons. The van der Waals surface area contributed by atoms with Crippen molar-refractivity contribution in [2.75, 3.05) is 31.6 Å². The molecule has 10 nitrogen and oxygen atoms in total. The van der Waals surface area contributed by atoms with E-state index in [1.54, 1.807) is 29.1 Å². The van der Waals surface area contributed by atoms with Crippen LogP contribution in [-0.4, -0.2) is 44.5 Å². The van der Waals surface area contributed by atoms with E-state index in [0.717, 1.165) is 63.1 Å². The fourth-order valence-corrected chi connectivity index (χ4v) is 3.74. The van der Waals surface area contributed by atoms with Crippen molar-refractivity contribution in [1.29, 1.82) is 5.26 Å². The maximum atomic E-state index is 11.9. The van der Waals surface area contributed by atoms with Crippen LogP contribution in [0.4, 0.5) is 10.5 Å². The number of aliphatic imine (C=N–C) groups is 1. The molecule has 3 rings (SSSR count). The number of nitrogens with one attached hydrogen (secondary N) is 3. The molecule has 0 bridgehead atoms. The number of hydrogen-bond acceptors (Lipinski definition) is 7. The molecule has 0 spiro atoms. The summed E-state index contributed by atoms with van der Waals surface area (Å²) in [6.07, 6.45) is 10.2. The average molecular weight is 566 g/mol. The summed E-state index contributed by atoms with van der Waals surface area (Å²) < 4.78 is 17.9. The molecular weight excluding hydrogens is 531 g/mol. The Balaban J connectivity index is 0.00000507. The quantitative estimate of drug-likeness (QED) is 0.0663. The van der Waals surface area contributed by atoms with Crippen molar-refractivity contribution in [3.8, 4) is 11.9 Å². The van der Waals surface area contributed by atoms with E-state index in [4.69, 9.17) is 31.1 Å². The van der Waals surface area contributed by atoms with E-state index >= 15 is 0 Å². The van der Waals surface area contributed by atoms with Gasteiger partial charge < -0.3 is 37.3 Å². The summed E-state index contributed by atoms with van der Waals surface area (Å²) in [4.78, 5) is 16.3. The zero-order valence-electron chi connectivity index (χ0n) is 21.2. The summed E-state index contributed by atoms with van der Waals surface area (Å²) in [5.74, 6) is 1.20. The molecule has 0 unspecified atom stereocenters. The number of aromatic nitrogens is 1. The summed E-state index contributed by atoms with van der Waals surface area (Å²) in [6.45, 7) is 2.98. The molecule has 1 aromatic carbocycles. The first-order chi connectivity index (χ1) is 18.1. The Morgan fingerprint density at radius 2 is 1.82 bits per heavy atom. The van der Waals surface area contributed by atoms with Gasteiger partial charge in [0.05, 0.1) is 12.3 Å². The van der Waals surface area contributed by atoms with Crippen LogP contribution < -0.4 is 37.7 Å². The zero-order chi connectivity index (χ0) is 26.1. The highest BCUT2D eigenvalue weighted by molar-refractivity contribution is 6.30. The fraction of sp³-hybridized carbons (Fsp3) is 0.462. The number of guanidine groups is 1. The number of unbranched alkanes of at least 4 members (excludes halogenated alkanes) is 3. The van der Waals surface area contributed by atoms with Gasteiger partial charge in [0.15, 0.2) is 18.6 Å². The second kappa shape index (κ2) is 18.1. The van der Waals surface area contributed by atoms with Gasteiger partial charge in [0.1, 0.15) is 11.9 Å². The molecule has 2 aromatic rings. The van der Waals surface area contributed by atoms with E-state index in [2.05, 4.69) is 20.9 Å². The first-order valence-electron chi connectivity index (χ1n) is 12.5. The highest BCUT2D eigenvalue weighted by atomic mass is 35.5. The number of ether oxygens (including phenoxy) is 3. The van der Waals surface area contributed by atoms with Crippen LogP contribution in [0, 0.1) is 11.5 Å². The molecule has 0 atom stereocenters. The number of carbonyl (C=O) groups is 1. The average Bonchev–Trinajstić information content (AvgIpc) is 2.91. The number of pyridine rings is 1. The van der Waals surface area contributed by atoms with Crippen molar-refractivity contribution < 1.29 is 36.0 Å².